The number of carbonyl (C=O) groups is 1. The number of hydrogen-bond donors (Lipinski definition) is 1. The lowest BCUT2D eigenvalue weighted by molar-refractivity contribution is -0.144. The van der Waals surface area contributed by atoms with Crippen LogP contribution in [-0.2, 0) is 9.53 Å². The van der Waals surface area contributed by atoms with E-state index in [1.54, 1.807) is 13.8 Å². The Morgan fingerprint density at radius 2 is 2.38 bits per heavy atom. The lowest BCUT2D eigenvalue weighted by Crippen LogP contribution is -2.41. The Morgan fingerprint density at radius 3 is 2.94 bits per heavy atom. The van der Waals surface area contributed by atoms with Gasteiger partial charge >= 0.3 is 5.97 Å². The maximum atomic E-state index is 11.4. The topological polar surface area (TPSA) is 38.3 Å². The van der Waals surface area contributed by atoms with Crippen LogP contribution in [-0.4, -0.2) is 23.6 Å². The Morgan fingerprint density at radius 1 is 1.62 bits per heavy atom. The number of carbonyl (C=O) groups excluding carboxylic acids is 1. The molecule has 1 unspecified atom stereocenters. The Labute approximate surface area is 102 Å². The third-order valence-corrected chi connectivity index (χ3v) is 3.09. The van der Waals surface area contributed by atoms with Gasteiger partial charge in [-0.1, -0.05) is 24.4 Å². The first-order valence-corrected chi connectivity index (χ1v) is 6.18. The van der Waals surface area contributed by atoms with E-state index >= 15 is 0 Å². The summed E-state index contributed by atoms with van der Waals surface area (Å²) in [6, 6.07) is -0.349. The standard InChI is InChI=1S/C12H19NO2S/c1-3-15-12(14)9(2)13-11(16)10-7-5-4-6-8-10/h4-5,9-10H,3,6-8H2,1-2H3,(H,13,16)/t9-,10?/m0/s1. The molecule has 0 bridgehead atoms. The average Bonchev–Trinajstić information content (AvgIpc) is 2.30. The smallest absolute Gasteiger partial charge is 0.328 e. The molecule has 4 heteroatoms. The fourth-order valence-electron chi connectivity index (χ4n) is 1.69. The van der Waals surface area contributed by atoms with E-state index in [2.05, 4.69) is 17.5 Å². The summed E-state index contributed by atoms with van der Waals surface area (Å²) < 4.78 is 4.92. The van der Waals surface area contributed by atoms with Crippen molar-refractivity contribution in [2.45, 2.75) is 39.2 Å². The highest BCUT2D eigenvalue weighted by Gasteiger charge is 2.20. The molecule has 1 N–H and O–H groups in total. The first-order valence-electron chi connectivity index (χ1n) is 5.77. The van der Waals surface area contributed by atoms with E-state index in [0.29, 0.717) is 12.5 Å². The molecule has 2 atom stereocenters. The van der Waals surface area contributed by atoms with Crippen LogP contribution in [0, 0.1) is 5.92 Å². The molecule has 0 heterocycles. The zero-order valence-electron chi connectivity index (χ0n) is 9.86. The van der Waals surface area contributed by atoms with Gasteiger partial charge in [-0.25, -0.2) is 4.79 Å². The third-order valence-electron chi connectivity index (χ3n) is 2.64. The third kappa shape index (κ3) is 3.93. The number of thiocarbonyl (C=S) groups is 1. The van der Waals surface area contributed by atoms with E-state index in [1.807, 2.05) is 0 Å². The predicted molar refractivity (Wildman–Crippen MR) is 68.3 cm³/mol. The molecule has 0 aliphatic heterocycles. The minimum atomic E-state index is -0.349. The van der Waals surface area contributed by atoms with Crippen LogP contribution in [0.4, 0.5) is 0 Å². The van der Waals surface area contributed by atoms with E-state index < -0.39 is 0 Å². The van der Waals surface area contributed by atoms with Crippen LogP contribution in [0.3, 0.4) is 0 Å². The summed E-state index contributed by atoms with van der Waals surface area (Å²) >= 11 is 5.30. The van der Waals surface area contributed by atoms with Gasteiger partial charge in [-0.15, -0.1) is 0 Å². The maximum Gasteiger partial charge on any atom is 0.328 e. The average molecular weight is 241 g/mol. The minimum Gasteiger partial charge on any atom is -0.464 e. The lowest BCUT2D eigenvalue weighted by Gasteiger charge is -2.22. The number of esters is 1. The van der Waals surface area contributed by atoms with Crippen LogP contribution in [0.5, 0.6) is 0 Å². The summed E-state index contributed by atoms with van der Waals surface area (Å²) in [5.41, 5.74) is 0. The molecule has 0 aromatic carbocycles. The zero-order valence-corrected chi connectivity index (χ0v) is 10.7. The van der Waals surface area contributed by atoms with Gasteiger partial charge in [0.2, 0.25) is 0 Å². The molecule has 0 amide bonds. The van der Waals surface area contributed by atoms with E-state index in [9.17, 15) is 4.79 Å². The van der Waals surface area contributed by atoms with Crippen LogP contribution in [0.2, 0.25) is 0 Å². The van der Waals surface area contributed by atoms with Crippen molar-refractivity contribution < 1.29 is 9.53 Å². The summed E-state index contributed by atoms with van der Waals surface area (Å²) in [4.78, 5) is 12.2. The second kappa shape index (κ2) is 6.63. The highest BCUT2D eigenvalue weighted by molar-refractivity contribution is 7.80. The van der Waals surface area contributed by atoms with Crippen LogP contribution in [0.15, 0.2) is 12.2 Å². The van der Waals surface area contributed by atoms with Gasteiger partial charge in [0.05, 0.1) is 11.6 Å². The number of ether oxygens (including phenoxy) is 1. The molecular weight excluding hydrogens is 222 g/mol. The molecule has 16 heavy (non-hydrogen) atoms. The van der Waals surface area contributed by atoms with Crippen molar-refractivity contribution in [2.24, 2.45) is 5.92 Å². The first-order chi connectivity index (χ1) is 7.65. The normalized spacial score (nSPS) is 21.2. The minimum absolute atomic E-state index is 0.240. The molecule has 0 aromatic rings. The molecule has 0 saturated heterocycles. The molecule has 1 aliphatic rings. The Hall–Kier alpha value is -0.900. The number of rotatable bonds is 4. The van der Waals surface area contributed by atoms with Gasteiger partial charge in [0.1, 0.15) is 6.04 Å². The second-order valence-corrected chi connectivity index (χ2v) is 4.40. The highest BCUT2D eigenvalue weighted by atomic mass is 32.1. The molecular formula is C12H19NO2S. The molecule has 90 valence electrons. The summed E-state index contributed by atoms with van der Waals surface area (Å²) in [5, 5.41) is 3.06. The second-order valence-electron chi connectivity index (χ2n) is 3.96. The van der Waals surface area contributed by atoms with Gasteiger partial charge < -0.3 is 10.1 Å². The summed E-state index contributed by atoms with van der Waals surface area (Å²) in [6.45, 7) is 3.99. The lowest BCUT2D eigenvalue weighted by atomic mass is 9.94. The molecule has 3 nitrogen and oxygen atoms in total. The Balaban J connectivity index is 2.38. The van der Waals surface area contributed by atoms with Crippen LogP contribution >= 0.6 is 12.2 Å². The molecule has 0 radical (unpaired) electrons. The van der Waals surface area contributed by atoms with Crippen molar-refractivity contribution in [2.75, 3.05) is 6.61 Å². The molecule has 0 saturated carbocycles. The summed E-state index contributed by atoms with van der Waals surface area (Å²) in [7, 11) is 0. The van der Waals surface area contributed by atoms with Crippen LogP contribution in [0.25, 0.3) is 0 Å². The molecule has 0 fully saturated rings. The van der Waals surface area contributed by atoms with Crippen molar-refractivity contribution in [3.63, 3.8) is 0 Å². The zero-order chi connectivity index (χ0) is 12.0. The monoisotopic (exact) mass is 241 g/mol. The van der Waals surface area contributed by atoms with Gasteiger partial charge in [0.15, 0.2) is 0 Å². The molecule has 1 aliphatic carbocycles. The molecule has 1 rings (SSSR count). The maximum absolute atomic E-state index is 11.4. The number of nitrogens with one attached hydrogen (secondary N) is 1. The van der Waals surface area contributed by atoms with Crippen molar-refractivity contribution >= 4 is 23.2 Å². The Kier molecular flexibility index (Phi) is 5.46. The first kappa shape index (κ1) is 13.2. The number of allylic oxidation sites excluding steroid dienone is 2. The van der Waals surface area contributed by atoms with Crippen molar-refractivity contribution in [1.82, 2.24) is 5.32 Å². The van der Waals surface area contributed by atoms with Crippen molar-refractivity contribution in [1.29, 1.82) is 0 Å². The van der Waals surface area contributed by atoms with Gasteiger partial charge in [-0.05, 0) is 33.1 Å². The van der Waals surface area contributed by atoms with Crippen LogP contribution in [0.1, 0.15) is 33.1 Å². The molecule has 0 aromatic heterocycles. The fraction of sp³-hybridized carbons (Fsp3) is 0.667. The highest BCUT2D eigenvalue weighted by Crippen LogP contribution is 2.19. The van der Waals surface area contributed by atoms with Crippen molar-refractivity contribution in [3.8, 4) is 0 Å². The van der Waals surface area contributed by atoms with Crippen LogP contribution < -0.4 is 5.32 Å². The van der Waals surface area contributed by atoms with E-state index in [1.165, 1.54) is 0 Å². The van der Waals surface area contributed by atoms with Gasteiger partial charge in [0.25, 0.3) is 0 Å². The molecule has 0 spiro atoms. The van der Waals surface area contributed by atoms with Gasteiger partial charge in [-0.3, -0.25) is 0 Å². The van der Waals surface area contributed by atoms with Gasteiger partial charge in [-0.2, -0.15) is 0 Å². The fourth-order valence-corrected chi connectivity index (χ4v) is 2.08. The predicted octanol–water partition coefficient (Wildman–Crippen LogP) is 2.21. The SMILES string of the molecule is CCOC(=O)[C@H](C)NC(=S)C1CC=CCC1. The van der Waals surface area contributed by atoms with E-state index in [0.717, 1.165) is 24.3 Å². The van der Waals surface area contributed by atoms with Gasteiger partial charge in [0, 0.05) is 5.92 Å². The largest absolute Gasteiger partial charge is 0.464 e. The quantitative estimate of drug-likeness (QED) is 0.465. The van der Waals surface area contributed by atoms with Crippen molar-refractivity contribution in [3.05, 3.63) is 12.2 Å². The summed E-state index contributed by atoms with van der Waals surface area (Å²) in [5.74, 6) is 0.132. The van der Waals surface area contributed by atoms with E-state index in [-0.39, 0.29) is 12.0 Å². The van der Waals surface area contributed by atoms with E-state index in [4.69, 9.17) is 17.0 Å². The number of hydrogen-bond acceptors (Lipinski definition) is 3. The Bertz CT molecular complexity index is 289. The summed E-state index contributed by atoms with van der Waals surface area (Å²) in [6.07, 6.45) is 7.44.